The van der Waals surface area contributed by atoms with Gasteiger partial charge in [-0.05, 0) is 31.2 Å². The van der Waals surface area contributed by atoms with E-state index in [1.807, 2.05) is 0 Å². The largest absolute Gasteiger partial charge is 0.325 e. The number of carbonyl (C=O) groups is 2. The molecule has 0 aliphatic rings. The van der Waals surface area contributed by atoms with Gasteiger partial charge in [-0.3, -0.25) is 14.2 Å². The summed E-state index contributed by atoms with van der Waals surface area (Å²) in [6.45, 7) is 5.57. The summed E-state index contributed by atoms with van der Waals surface area (Å²) in [6.07, 6.45) is 1.66. The van der Waals surface area contributed by atoms with Crippen molar-refractivity contribution in [2.45, 2.75) is 18.6 Å². The molecule has 29 heavy (non-hydrogen) atoms. The maximum Gasteiger partial charge on any atom is 0.234 e. The van der Waals surface area contributed by atoms with E-state index in [-0.39, 0.29) is 17.4 Å². The predicted molar refractivity (Wildman–Crippen MR) is 111 cm³/mol. The molecule has 3 rings (SSSR count). The van der Waals surface area contributed by atoms with Crippen LogP contribution in [0.15, 0.2) is 66.3 Å². The average molecular weight is 410 g/mol. The molecule has 8 heteroatoms. The summed E-state index contributed by atoms with van der Waals surface area (Å²) in [6, 6.07) is 13.1. The molecule has 6 nitrogen and oxygen atoms in total. The molecule has 3 aromatic rings. The first kappa shape index (κ1) is 20.5. The van der Waals surface area contributed by atoms with Gasteiger partial charge in [-0.25, -0.2) is 4.39 Å². The minimum atomic E-state index is -0.398. The highest BCUT2D eigenvalue weighted by Gasteiger charge is 2.17. The van der Waals surface area contributed by atoms with Crippen LogP contribution in [0.4, 0.5) is 10.1 Å². The fourth-order valence-corrected chi connectivity index (χ4v) is 3.42. The lowest BCUT2D eigenvalue weighted by molar-refractivity contribution is -0.113. The highest BCUT2D eigenvalue weighted by molar-refractivity contribution is 7.99. The van der Waals surface area contributed by atoms with Crippen LogP contribution in [0.5, 0.6) is 0 Å². The van der Waals surface area contributed by atoms with E-state index in [0.717, 1.165) is 0 Å². The number of halogens is 1. The fraction of sp³-hybridized carbons (Fsp3) is 0.143. The molecule has 148 valence electrons. The summed E-state index contributed by atoms with van der Waals surface area (Å²) in [4.78, 5) is 23.8. The van der Waals surface area contributed by atoms with Crippen molar-refractivity contribution >= 4 is 29.1 Å². The summed E-state index contributed by atoms with van der Waals surface area (Å²) < 4.78 is 15.9. The van der Waals surface area contributed by atoms with Crippen molar-refractivity contribution < 1.29 is 14.0 Å². The summed E-state index contributed by atoms with van der Waals surface area (Å²) in [5.74, 6) is -0.272. The molecule has 0 radical (unpaired) electrons. The summed E-state index contributed by atoms with van der Waals surface area (Å²) in [5.41, 5.74) is 1.40. The normalized spacial score (nSPS) is 10.6. The monoisotopic (exact) mass is 410 g/mol. The number of ketones is 1. The van der Waals surface area contributed by atoms with E-state index < -0.39 is 5.82 Å². The van der Waals surface area contributed by atoms with E-state index in [9.17, 15) is 14.0 Å². The van der Waals surface area contributed by atoms with Gasteiger partial charge >= 0.3 is 0 Å². The van der Waals surface area contributed by atoms with Crippen LogP contribution < -0.4 is 5.32 Å². The van der Waals surface area contributed by atoms with Crippen molar-refractivity contribution in [1.82, 2.24) is 14.8 Å². The average Bonchev–Trinajstić information content (AvgIpc) is 3.10. The number of nitrogens with one attached hydrogen (secondary N) is 1. The van der Waals surface area contributed by atoms with Crippen LogP contribution in [0.25, 0.3) is 11.4 Å². The predicted octanol–water partition coefficient (Wildman–Crippen LogP) is 4.20. The lowest BCUT2D eigenvalue weighted by Gasteiger charge is -2.09. The molecule has 1 N–H and O–H groups in total. The van der Waals surface area contributed by atoms with Crippen LogP contribution in [0.1, 0.15) is 17.3 Å². The molecule has 0 saturated heterocycles. The van der Waals surface area contributed by atoms with Crippen molar-refractivity contribution in [3.8, 4) is 11.4 Å². The number of aromatic nitrogens is 3. The topological polar surface area (TPSA) is 76.9 Å². The molecule has 0 atom stereocenters. The van der Waals surface area contributed by atoms with Gasteiger partial charge in [-0.1, -0.05) is 42.1 Å². The molecule has 0 fully saturated rings. The molecular formula is C21H19FN4O2S. The van der Waals surface area contributed by atoms with Crippen LogP contribution in [0.2, 0.25) is 0 Å². The quantitative estimate of drug-likeness (QED) is 0.342. The Bertz CT molecular complexity index is 1060. The SMILES string of the molecule is C=CCn1c(SCC(=O)Nc2cccc(C(C)=O)c2)nnc1-c1ccccc1F. The van der Waals surface area contributed by atoms with Gasteiger partial charge in [0.15, 0.2) is 16.8 Å². The molecule has 0 aliphatic heterocycles. The highest BCUT2D eigenvalue weighted by atomic mass is 32.2. The van der Waals surface area contributed by atoms with Crippen LogP contribution in [0.3, 0.4) is 0 Å². The summed E-state index contributed by atoms with van der Waals surface area (Å²) in [7, 11) is 0. The molecule has 0 unspecified atom stereocenters. The maximum atomic E-state index is 14.1. The van der Waals surface area contributed by atoms with Gasteiger partial charge in [0.25, 0.3) is 0 Å². The number of amides is 1. The minimum absolute atomic E-state index is 0.0753. The van der Waals surface area contributed by atoms with Crippen molar-refractivity contribution in [2.24, 2.45) is 0 Å². The zero-order valence-electron chi connectivity index (χ0n) is 15.8. The van der Waals surface area contributed by atoms with Crippen LogP contribution in [-0.2, 0) is 11.3 Å². The molecule has 1 heterocycles. The van der Waals surface area contributed by atoms with Gasteiger partial charge in [-0.2, -0.15) is 0 Å². The number of thioether (sulfide) groups is 1. The first-order chi connectivity index (χ1) is 14.0. The van der Waals surface area contributed by atoms with Crippen LogP contribution in [-0.4, -0.2) is 32.2 Å². The first-order valence-corrected chi connectivity index (χ1v) is 9.81. The first-order valence-electron chi connectivity index (χ1n) is 8.82. The van der Waals surface area contributed by atoms with Gasteiger partial charge in [0.1, 0.15) is 5.82 Å². The van der Waals surface area contributed by atoms with Gasteiger partial charge < -0.3 is 5.32 Å². The third kappa shape index (κ3) is 4.97. The van der Waals surface area contributed by atoms with E-state index in [0.29, 0.717) is 34.3 Å². The number of hydrogen-bond acceptors (Lipinski definition) is 5. The van der Waals surface area contributed by atoms with Gasteiger partial charge in [0.05, 0.1) is 11.3 Å². The zero-order valence-corrected chi connectivity index (χ0v) is 16.6. The maximum absolute atomic E-state index is 14.1. The number of anilines is 1. The smallest absolute Gasteiger partial charge is 0.234 e. The number of carbonyl (C=O) groups excluding carboxylic acids is 2. The Morgan fingerprint density at radius 1 is 1.21 bits per heavy atom. The molecule has 2 aromatic carbocycles. The molecular weight excluding hydrogens is 391 g/mol. The van der Waals surface area contributed by atoms with Crippen molar-refractivity contribution in [3.05, 3.63) is 72.6 Å². The molecule has 0 spiro atoms. The Morgan fingerprint density at radius 2 is 2.00 bits per heavy atom. The van der Waals surface area contributed by atoms with E-state index in [4.69, 9.17) is 0 Å². The van der Waals surface area contributed by atoms with Crippen molar-refractivity contribution in [3.63, 3.8) is 0 Å². The lowest BCUT2D eigenvalue weighted by Crippen LogP contribution is -2.15. The van der Waals surface area contributed by atoms with Gasteiger partial charge in [0.2, 0.25) is 5.91 Å². The van der Waals surface area contributed by atoms with E-state index in [2.05, 4.69) is 22.1 Å². The lowest BCUT2D eigenvalue weighted by atomic mass is 10.1. The second kappa shape index (κ2) is 9.29. The Kier molecular flexibility index (Phi) is 6.56. The Balaban J connectivity index is 1.73. The molecule has 0 bridgehead atoms. The van der Waals surface area contributed by atoms with E-state index >= 15 is 0 Å². The highest BCUT2D eigenvalue weighted by Crippen LogP contribution is 2.26. The third-order valence-electron chi connectivity index (χ3n) is 4.03. The number of rotatable bonds is 8. The van der Waals surface area contributed by atoms with Gasteiger partial charge in [0, 0.05) is 17.8 Å². The Labute approximate surface area is 171 Å². The van der Waals surface area contributed by atoms with Crippen LogP contribution >= 0.6 is 11.8 Å². The summed E-state index contributed by atoms with van der Waals surface area (Å²) in [5, 5.41) is 11.4. The van der Waals surface area contributed by atoms with Crippen molar-refractivity contribution in [2.75, 3.05) is 11.1 Å². The number of allylic oxidation sites excluding steroid dienone is 1. The third-order valence-corrected chi connectivity index (χ3v) is 5.00. The van der Waals surface area contributed by atoms with Crippen LogP contribution in [0, 0.1) is 5.82 Å². The second-order valence-electron chi connectivity index (χ2n) is 6.16. The van der Waals surface area contributed by atoms with E-state index in [1.54, 1.807) is 53.1 Å². The fourth-order valence-electron chi connectivity index (χ4n) is 2.67. The molecule has 0 aliphatic carbocycles. The zero-order chi connectivity index (χ0) is 20.8. The minimum Gasteiger partial charge on any atom is -0.325 e. The Morgan fingerprint density at radius 3 is 2.72 bits per heavy atom. The summed E-state index contributed by atoms with van der Waals surface area (Å²) >= 11 is 1.19. The molecule has 0 saturated carbocycles. The molecule has 1 aromatic heterocycles. The number of hydrogen-bond donors (Lipinski definition) is 1. The molecule has 1 amide bonds. The number of benzene rings is 2. The standard InChI is InChI=1S/C21H19FN4O2S/c1-3-11-26-20(17-9-4-5-10-18(17)22)24-25-21(26)29-13-19(28)23-16-8-6-7-15(12-16)14(2)27/h3-10,12H,1,11,13H2,2H3,(H,23,28). The van der Waals surface area contributed by atoms with E-state index in [1.165, 1.54) is 24.8 Å². The van der Waals surface area contributed by atoms with Crippen molar-refractivity contribution in [1.29, 1.82) is 0 Å². The number of nitrogens with zero attached hydrogens (tertiary/aromatic N) is 3. The Hall–Kier alpha value is -3.26. The second-order valence-corrected chi connectivity index (χ2v) is 7.10. The van der Waals surface area contributed by atoms with Gasteiger partial charge in [-0.15, -0.1) is 16.8 Å². The number of Topliss-reactive ketones (excluding diaryl/α,β-unsaturated/α-hetero) is 1.